The molecule has 1 unspecified atom stereocenters. The third-order valence-electron chi connectivity index (χ3n) is 2.93. The predicted molar refractivity (Wildman–Crippen MR) is 100 cm³/mol. The van der Waals surface area contributed by atoms with Gasteiger partial charge in [-0.2, -0.15) is 17.0 Å². The number of carbonyl (C=O) groups is 1. The summed E-state index contributed by atoms with van der Waals surface area (Å²) in [7, 11) is -1.15. The van der Waals surface area contributed by atoms with Gasteiger partial charge in [-0.15, -0.1) is 0 Å². The first-order chi connectivity index (χ1) is 12.0. The molecule has 1 rings (SSSR count). The van der Waals surface area contributed by atoms with Gasteiger partial charge in [0, 0.05) is 47.3 Å². The number of imidazole rings is 1. The van der Waals surface area contributed by atoms with Crippen LogP contribution in [0.4, 0.5) is 0 Å². The molecule has 0 bridgehead atoms. The van der Waals surface area contributed by atoms with Crippen molar-refractivity contribution >= 4 is 34.4 Å². The molecule has 0 saturated carbocycles. The highest BCUT2D eigenvalue weighted by molar-refractivity contribution is 7.98. The number of amides is 1. The third kappa shape index (κ3) is 9.73. The van der Waals surface area contributed by atoms with E-state index in [4.69, 9.17) is 5.26 Å². The molecule has 1 aromatic rings. The van der Waals surface area contributed by atoms with Crippen LogP contribution < -0.4 is 16.0 Å². The Morgan fingerprint density at radius 3 is 2.88 bits per heavy atom. The summed E-state index contributed by atoms with van der Waals surface area (Å²) < 4.78 is 10.9. The van der Waals surface area contributed by atoms with Crippen molar-refractivity contribution in [1.29, 1.82) is 5.26 Å². The summed E-state index contributed by atoms with van der Waals surface area (Å²) in [6.07, 6.45) is 4.98. The third-order valence-corrected chi connectivity index (χ3v) is 4.54. The first-order valence-corrected chi connectivity index (χ1v) is 10.5. The van der Waals surface area contributed by atoms with Crippen LogP contribution in [0.25, 0.3) is 0 Å². The number of hydrogen-bond donors (Lipinski definition) is 4. The van der Waals surface area contributed by atoms with Crippen molar-refractivity contribution in [2.75, 3.05) is 37.4 Å². The van der Waals surface area contributed by atoms with Gasteiger partial charge in [0.05, 0.1) is 18.6 Å². The Bertz CT molecular complexity index is 639. The molecule has 9 nitrogen and oxygen atoms in total. The van der Waals surface area contributed by atoms with Gasteiger partial charge < -0.3 is 15.6 Å². The molecule has 11 heteroatoms. The van der Waals surface area contributed by atoms with Gasteiger partial charge in [-0.05, 0) is 6.92 Å². The minimum atomic E-state index is -1.15. The number of nitrogens with zero attached hydrogens (tertiary/aromatic N) is 3. The van der Waals surface area contributed by atoms with Crippen LogP contribution in [0.2, 0.25) is 0 Å². The molecule has 0 radical (unpaired) electrons. The van der Waals surface area contributed by atoms with Crippen LogP contribution >= 0.6 is 11.8 Å². The highest BCUT2D eigenvalue weighted by Crippen LogP contribution is 2.11. The van der Waals surface area contributed by atoms with Gasteiger partial charge in [0.1, 0.15) is 5.75 Å². The maximum absolute atomic E-state index is 11.3. The largest absolute Gasteiger partial charge is 0.354 e. The Morgan fingerprint density at radius 1 is 1.48 bits per heavy atom. The predicted octanol–water partition coefficient (Wildman–Crippen LogP) is -0.538. The Kier molecular flexibility index (Phi) is 10.3. The molecule has 1 aromatic heterocycles. The number of carbonyl (C=O) groups excluding carboxylic acids is 1. The van der Waals surface area contributed by atoms with Crippen molar-refractivity contribution in [3.8, 4) is 6.19 Å². The van der Waals surface area contributed by atoms with E-state index in [-0.39, 0.29) is 11.7 Å². The highest BCUT2D eigenvalue weighted by atomic mass is 32.2. The quantitative estimate of drug-likeness (QED) is 0.140. The van der Waals surface area contributed by atoms with Gasteiger partial charge in [0.2, 0.25) is 11.9 Å². The Morgan fingerprint density at radius 2 is 2.24 bits per heavy atom. The number of aliphatic imine (C=N–C) groups is 1. The molecular formula is C14H23N7O2S2. The number of hydrogen-bond acceptors (Lipinski definition) is 6. The van der Waals surface area contributed by atoms with Crippen molar-refractivity contribution < 1.29 is 9.00 Å². The van der Waals surface area contributed by atoms with E-state index in [1.165, 1.54) is 6.26 Å². The number of rotatable bonds is 10. The molecule has 138 valence electrons. The maximum atomic E-state index is 11.3. The number of nitriles is 1. The van der Waals surface area contributed by atoms with Crippen LogP contribution in [0.1, 0.15) is 11.4 Å². The molecule has 0 aliphatic rings. The van der Waals surface area contributed by atoms with Gasteiger partial charge in [-0.25, -0.2) is 4.98 Å². The first kappa shape index (κ1) is 21.0. The lowest BCUT2D eigenvalue weighted by molar-refractivity contribution is -0.118. The van der Waals surface area contributed by atoms with E-state index in [9.17, 15) is 9.00 Å². The molecule has 1 amide bonds. The van der Waals surface area contributed by atoms with Crippen LogP contribution in [0.15, 0.2) is 11.3 Å². The fraction of sp³-hybridized carbons (Fsp3) is 0.571. The number of guanidine groups is 1. The fourth-order valence-corrected chi connectivity index (χ4v) is 3.05. The topological polar surface area (TPSA) is 135 Å². The van der Waals surface area contributed by atoms with Crippen molar-refractivity contribution in [3.05, 3.63) is 17.7 Å². The molecule has 4 N–H and O–H groups in total. The minimum absolute atomic E-state index is 0.00983. The number of aryl methyl sites for hydroxylation is 1. The average Bonchev–Trinajstić information content (AvgIpc) is 2.95. The number of nitrogens with one attached hydrogen (secondary N) is 4. The second-order valence-corrected chi connectivity index (χ2v) is 7.53. The molecule has 1 heterocycles. The van der Waals surface area contributed by atoms with E-state index in [0.717, 1.165) is 22.9 Å². The lowest BCUT2D eigenvalue weighted by Gasteiger charge is -2.09. The molecule has 25 heavy (non-hydrogen) atoms. The van der Waals surface area contributed by atoms with Crippen LogP contribution in [-0.4, -0.2) is 63.4 Å². The zero-order valence-electron chi connectivity index (χ0n) is 14.3. The van der Waals surface area contributed by atoms with Crippen molar-refractivity contribution in [1.82, 2.24) is 25.9 Å². The SMILES string of the molecule is Cc1[nH]cnc1CSCCN=C(NC#N)NCCNC(=O)CS(C)=O. The van der Waals surface area contributed by atoms with Crippen molar-refractivity contribution in [2.45, 2.75) is 12.7 Å². The standard InChI is InChI=1S/C14H23N7O2S2/c1-11-12(21-10-20-11)7-24-6-5-18-14(19-9-15)17-4-3-16-13(22)8-25(2)23/h10H,3-8H2,1-2H3,(H,16,22)(H,20,21)(H2,17,18,19). The second kappa shape index (κ2) is 12.3. The highest BCUT2D eigenvalue weighted by Gasteiger charge is 2.03. The summed E-state index contributed by atoms with van der Waals surface area (Å²) >= 11 is 1.71. The summed E-state index contributed by atoms with van der Waals surface area (Å²) in [6.45, 7) is 3.30. The van der Waals surface area contributed by atoms with E-state index in [0.29, 0.717) is 25.6 Å². The summed E-state index contributed by atoms with van der Waals surface area (Å²) in [5, 5.41) is 16.8. The molecular weight excluding hydrogens is 362 g/mol. The van der Waals surface area contributed by atoms with E-state index in [2.05, 4.69) is 30.9 Å². The average molecular weight is 386 g/mol. The molecule has 0 aromatic carbocycles. The zero-order chi connectivity index (χ0) is 18.5. The van der Waals surface area contributed by atoms with Gasteiger partial charge in [-0.1, -0.05) is 0 Å². The number of H-pyrrole nitrogens is 1. The van der Waals surface area contributed by atoms with E-state index >= 15 is 0 Å². The summed E-state index contributed by atoms with van der Waals surface area (Å²) in [4.78, 5) is 22.9. The molecule has 1 atom stereocenters. The number of thioether (sulfide) groups is 1. The molecule has 0 aliphatic heterocycles. The van der Waals surface area contributed by atoms with Crippen LogP contribution in [0.3, 0.4) is 0 Å². The van der Waals surface area contributed by atoms with Gasteiger partial charge in [0.25, 0.3) is 0 Å². The van der Waals surface area contributed by atoms with Crippen molar-refractivity contribution in [2.24, 2.45) is 4.99 Å². The van der Waals surface area contributed by atoms with Crippen LogP contribution in [0, 0.1) is 18.4 Å². The Hall–Kier alpha value is -2.06. The first-order valence-electron chi connectivity index (χ1n) is 7.59. The minimum Gasteiger partial charge on any atom is -0.354 e. The van der Waals surface area contributed by atoms with Gasteiger partial charge >= 0.3 is 0 Å². The second-order valence-electron chi connectivity index (χ2n) is 4.99. The van der Waals surface area contributed by atoms with E-state index in [1.54, 1.807) is 18.1 Å². The normalized spacial score (nSPS) is 12.3. The Labute approximate surface area is 153 Å². The van der Waals surface area contributed by atoms with Crippen LogP contribution in [0.5, 0.6) is 0 Å². The van der Waals surface area contributed by atoms with Crippen LogP contribution in [-0.2, 0) is 21.3 Å². The lowest BCUT2D eigenvalue weighted by atomic mass is 10.4. The van der Waals surface area contributed by atoms with E-state index in [1.807, 2.05) is 13.1 Å². The Balaban J connectivity index is 2.22. The summed E-state index contributed by atoms with van der Waals surface area (Å²) in [5.74, 6) is 1.70. The lowest BCUT2D eigenvalue weighted by Crippen LogP contribution is -2.40. The van der Waals surface area contributed by atoms with Gasteiger partial charge in [0.15, 0.2) is 6.19 Å². The number of aromatic nitrogens is 2. The monoisotopic (exact) mass is 385 g/mol. The smallest absolute Gasteiger partial charge is 0.232 e. The molecule has 0 spiro atoms. The summed E-state index contributed by atoms with van der Waals surface area (Å²) in [6, 6.07) is 0. The van der Waals surface area contributed by atoms with E-state index < -0.39 is 10.8 Å². The number of aromatic amines is 1. The molecule has 0 fully saturated rings. The molecule has 0 saturated heterocycles. The van der Waals surface area contributed by atoms with Crippen molar-refractivity contribution in [3.63, 3.8) is 0 Å². The molecule has 0 aliphatic carbocycles. The fourth-order valence-electron chi connectivity index (χ4n) is 1.73. The maximum Gasteiger partial charge on any atom is 0.232 e. The zero-order valence-corrected chi connectivity index (χ0v) is 15.9. The summed E-state index contributed by atoms with van der Waals surface area (Å²) in [5.41, 5.74) is 2.10. The van der Waals surface area contributed by atoms with Gasteiger partial charge in [-0.3, -0.25) is 19.3 Å².